The van der Waals surface area contributed by atoms with E-state index in [4.69, 9.17) is 24.9 Å². The molecule has 682 valence electrons. The number of anilines is 4. The third kappa shape index (κ3) is 18.6. The Morgan fingerprint density at radius 2 is 0.772 bits per heavy atom. The third-order valence-electron chi connectivity index (χ3n) is 25.1. The molecule has 21 rings (SSSR count). The molecule has 0 radical (unpaired) electrons. The molecule has 0 fully saturated rings. The average Bonchev–Trinajstić information content (AvgIpc) is 1.63. The first kappa shape index (κ1) is 90.6. The summed E-state index contributed by atoms with van der Waals surface area (Å²) in [5, 5.41) is 0. The fourth-order valence-electron chi connectivity index (χ4n) is 18.2. The lowest BCUT2D eigenvalue weighted by atomic mass is 9.96. The molecule has 0 aliphatic carbocycles. The van der Waals surface area contributed by atoms with Crippen LogP contribution >= 0.6 is 0 Å². The Morgan fingerprint density at radius 1 is 0.360 bits per heavy atom. The normalized spacial score (nSPS) is 13.4. The number of halogens is 2. The molecular weight excluding hydrogens is 1710 g/mol. The molecule has 4 aliphatic rings. The van der Waals surface area contributed by atoms with Gasteiger partial charge in [-0.3, -0.25) is 38.8 Å². The van der Waals surface area contributed by atoms with Crippen molar-refractivity contribution < 1.29 is 28.0 Å². The van der Waals surface area contributed by atoms with Crippen molar-refractivity contribution in [1.82, 2.24) is 82.9 Å². The first-order valence-corrected chi connectivity index (χ1v) is 45.7. The van der Waals surface area contributed by atoms with E-state index < -0.39 is 0 Å². The highest BCUT2D eigenvalue weighted by Crippen LogP contribution is 2.42. The minimum absolute atomic E-state index is 0.0198. The van der Waals surface area contributed by atoms with Gasteiger partial charge in [0.15, 0.2) is 28.9 Å². The fourth-order valence-corrected chi connectivity index (χ4v) is 18.2. The molecule has 136 heavy (non-hydrogen) atoms. The van der Waals surface area contributed by atoms with Crippen LogP contribution in [0.1, 0.15) is 170 Å². The van der Waals surface area contributed by atoms with Crippen LogP contribution in [0, 0.1) is 25.5 Å². The minimum atomic E-state index is -0.271. The van der Waals surface area contributed by atoms with E-state index in [-0.39, 0.29) is 66.0 Å². The van der Waals surface area contributed by atoms with E-state index >= 15 is 0 Å². The Balaban J connectivity index is 0.000000121. The molecule has 8 aromatic carbocycles. The van der Waals surface area contributed by atoms with Gasteiger partial charge >= 0.3 is 0 Å². The zero-order chi connectivity index (χ0) is 95.0. The molecule has 9 aromatic heterocycles. The van der Waals surface area contributed by atoms with Crippen molar-refractivity contribution in [1.29, 1.82) is 0 Å². The number of aryl methyl sites for hydroxylation is 5. The molecule has 27 heteroatoms. The number of imidazole rings is 4. The van der Waals surface area contributed by atoms with E-state index in [1.807, 2.05) is 245 Å². The number of carbonyl (C=O) groups excluding carboxylic acids is 4. The molecule has 0 spiro atoms. The summed E-state index contributed by atoms with van der Waals surface area (Å²) in [6.07, 6.45) is 23.3. The Morgan fingerprint density at radius 3 is 1.21 bits per heavy atom. The van der Waals surface area contributed by atoms with Crippen LogP contribution in [-0.2, 0) is 85.6 Å². The average molecular weight is 1810 g/mol. The maximum Gasteiger partial charge on any atom is 0.233 e. The van der Waals surface area contributed by atoms with Gasteiger partial charge in [-0.1, -0.05) is 225 Å². The number of hydrogen-bond acceptors (Lipinski definition) is 17. The largest absolute Gasteiger partial charge is 0.340 e. The second kappa shape index (κ2) is 38.3. The molecule has 4 amide bonds. The summed E-state index contributed by atoms with van der Waals surface area (Å²) in [6.45, 7) is 23.7. The predicted octanol–water partition coefficient (Wildman–Crippen LogP) is 20.8. The molecule has 0 N–H and O–H groups in total. The number of hydrogen-bond donors (Lipinski definition) is 0. The highest BCUT2D eigenvalue weighted by molar-refractivity contribution is 6.03. The molecule has 1 atom stereocenters. The molecule has 25 nitrogen and oxygen atoms in total. The summed E-state index contributed by atoms with van der Waals surface area (Å²) in [5.41, 5.74) is 22.8. The lowest BCUT2D eigenvalue weighted by Gasteiger charge is -2.25. The summed E-state index contributed by atoms with van der Waals surface area (Å²) in [6, 6.07) is 58.7. The van der Waals surface area contributed by atoms with E-state index in [1.165, 1.54) is 23.3 Å². The number of amides is 4. The van der Waals surface area contributed by atoms with Gasteiger partial charge in [0, 0.05) is 167 Å². The van der Waals surface area contributed by atoms with E-state index in [9.17, 15) is 28.0 Å². The van der Waals surface area contributed by atoms with Gasteiger partial charge in [-0.2, -0.15) is 0 Å². The number of aromatic nitrogens is 17. The molecule has 13 heterocycles. The number of fused-ring (bicyclic) bond motifs is 5. The van der Waals surface area contributed by atoms with E-state index in [0.29, 0.717) is 113 Å². The van der Waals surface area contributed by atoms with Gasteiger partial charge in [0.25, 0.3) is 0 Å². The van der Waals surface area contributed by atoms with Crippen LogP contribution in [0.5, 0.6) is 0 Å². The van der Waals surface area contributed by atoms with Gasteiger partial charge in [0.2, 0.25) is 23.6 Å². The number of nitrogens with zero attached hydrogens (tertiary/aromatic N) is 21. The minimum Gasteiger partial charge on any atom is -0.340 e. The van der Waals surface area contributed by atoms with Gasteiger partial charge < -0.3 is 18.1 Å². The van der Waals surface area contributed by atoms with Crippen LogP contribution in [0.2, 0.25) is 0 Å². The van der Waals surface area contributed by atoms with E-state index in [0.717, 1.165) is 118 Å². The Labute approximate surface area is 787 Å². The Hall–Kier alpha value is -15.9. The van der Waals surface area contributed by atoms with Gasteiger partial charge in [-0.15, -0.1) is 0 Å². The molecular formula is C109H103F2N21O4. The quantitative estimate of drug-likeness (QED) is 0.0686. The summed E-state index contributed by atoms with van der Waals surface area (Å²) < 4.78 is 36.9. The van der Waals surface area contributed by atoms with Crippen molar-refractivity contribution in [3.63, 3.8) is 0 Å². The predicted molar refractivity (Wildman–Crippen MR) is 524 cm³/mol. The molecule has 0 saturated heterocycles. The molecule has 0 saturated carbocycles. The molecule has 0 unspecified atom stereocenters. The lowest BCUT2D eigenvalue weighted by Crippen LogP contribution is -2.30. The molecule has 0 bridgehead atoms. The lowest BCUT2D eigenvalue weighted by molar-refractivity contribution is -0.118. The smallest absolute Gasteiger partial charge is 0.233 e. The number of rotatable bonds is 20. The number of benzene rings is 8. The standard InChI is InChI=1S/C29H26N6O.C27H26FN5O.C27H27N5O.C26H24FN5O/c1-18(2)23-6-4-5-7-24(23)27-31-15-22-14-25(36)35(28(22)33-27)17-20-8-10-21(11-9-20)26-29-30-12-13-34(29)16-19(3)32-26;1-16(2)24-21(6-5-7-22(24)28)25-29-13-20-12-23(34)33(27(20)31-25)15-18-8-10-19(11-9-18)26-30-17(3)14-32(26)4;1-17(2)22-7-5-6-8-23(22)25-29-16-21-15-24(33)32(27(21)30-25)18(3)19-9-11-20(12-10-19)26-28-13-14-31(26)4;1-16(2)24-20(5-4-6-21(24)27)25-28-12-19-11-23(33)32(26(19)30-25)13-17-7-9-18(10-8-17)22-14-31(3)15-29-22/h4-13,15-16,18H,14,17H2,1-3H3;5-11,13-14,16H,12,15H2,1-4H3;5-14,16-18H,15H2,1-4H3;4-10,12,14-16H,11,13H2,1-3H3/t;;18-;/m..1./s1. The van der Waals surface area contributed by atoms with Crippen LogP contribution in [0.25, 0.3) is 96.5 Å². The van der Waals surface area contributed by atoms with Crippen LogP contribution in [0.4, 0.5) is 32.1 Å². The second-order valence-electron chi connectivity index (χ2n) is 36.2. The monoisotopic (exact) mass is 1810 g/mol. The highest BCUT2D eigenvalue weighted by Gasteiger charge is 2.37. The molecule has 4 aliphatic heterocycles. The second-order valence-corrected chi connectivity index (χ2v) is 36.2. The van der Waals surface area contributed by atoms with Crippen molar-refractivity contribution in [2.75, 3.05) is 19.6 Å². The fraction of sp³-hybridized carbons (Fsp3) is 0.239. The van der Waals surface area contributed by atoms with Crippen molar-refractivity contribution in [2.24, 2.45) is 21.1 Å². The maximum atomic E-state index is 14.5. The van der Waals surface area contributed by atoms with Crippen LogP contribution < -0.4 is 19.6 Å². The zero-order valence-electron chi connectivity index (χ0n) is 78.4. The summed E-state index contributed by atoms with van der Waals surface area (Å²) >= 11 is 0. The van der Waals surface area contributed by atoms with Crippen molar-refractivity contribution in [2.45, 2.75) is 151 Å². The van der Waals surface area contributed by atoms with Crippen LogP contribution in [-0.4, -0.2) is 107 Å². The summed E-state index contributed by atoms with van der Waals surface area (Å²) in [4.78, 5) is 118. The topological polar surface area (TPSA) is 268 Å². The van der Waals surface area contributed by atoms with Crippen molar-refractivity contribution in [3.8, 4) is 90.8 Å². The maximum absolute atomic E-state index is 14.5. The van der Waals surface area contributed by atoms with Gasteiger partial charge in [0.05, 0.1) is 74.8 Å². The first-order chi connectivity index (χ1) is 65.6. The SMILES string of the molecule is CC(C)c1c(F)cccc1-c1ncc2c(n1)N(Cc1ccc(-c3cn(C)cn3)cc1)C(=O)C2.CC(C)c1ccccc1-c1ncc2c(n1)N([C@H](C)c1ccc(-c3nccn3C)cc1)C(=O)C2.Cc1cn(C)c(-c2ccc(CN3C(=O)Cc4cnc(-c5cccc(F)c5C(C)C)nc43)cc2)n1.Cc1cn2ccnc2c(-c2ccc(CN3C(=O)Cc4cnc(-c5ccccc5C(C)C)nc43)cc2)n1. The van der Waals surface area contributed by atoms with Crippen LogP contribution in [0.3, 0.4) is 0 Å². The highest BCUT2D eigenvalue weighted by atomic mass is 19.1. The summed E-state index contributed by atoms with van der Waals surface area (Å²) in [5.74, 6) is 6.77. The first-order valence-electron chi connectivity index (χ1n) is 45.7. The van der Waals surface area contributed by atoms with Crippen molar-refractivity contribution in [3.05, 3.63) is 346 Å². The van der Waals surface area contributed by atoms with Gasteiger partial charge in [0.1, 0.15) is 52.2 Å². The third-order valence-corrected chi connectivity index (χ3v) is 25.1. The van der Waals surface area contributed by atoms with E-state index in [2.05, 4.69) is 110 Å². The summed E-state index contributed by atoms with van der Waals surface area (Å²) in [7, 11) is 5.89. The Kier molecular flexibility index (Phi) is 25.5. The number of carbonyl (C=O) groups is 4. The van der Waals surface area contributed by atoms with Crippen LogP contribution in [0.15, 0.2) is 256 Å². The Bertz CT molecular complexity index is 7400. The van der Waals surface area contributed by atoms with Crippen molar-refractivity contribution >= 4 is 52.5 Å². The van der Waals surface area contributed by atoms with Gasteiger partial charge in [-0.25, -0.2) is 73.6 Å². The van der Waals surface area contributed by atoms with E-state index in [1.54, 1.807) is 64.1 Å². The zero-order valence-corrected chi connectivity index (χ0v) is 78.4. The molecule has 17 aromatic rings. The van der Waals surface area contributed by atoms with Gasteiger partial charge in [-0.05, 0) is 90.0 Å².